The van der Waals surface area contributed by atoms with E-state index in [2.05, 4.69) is 199 Å². The van der Waals surface area contributed by atoms with Crippen LogP contribution in [0.15, 0.2) is 205 Å². The second kappa shape index (κ2) is 12.9. The first-order chi connectivity index (χ1) is 27.2. The van der Waals surface area contributed by atoms with Gasteiger partial charge in [0.1, 0.15) is 11.2 Å². The van der Waals surface area contributed by atoms with Crippen molar-refractivity contribution < 1.29 is 4.42 Å². The van der Waals surface area contributed by atoms with Crippen molar-refractivity contribution in [1.82, 2.24) is 0 Å². The Morgan fingerprint density at radius 1 is 0.364 bits per heavy atom. The van der Waals surface area contributed by atoms with Crippen molar-refractivity contribution in [2.24, 2.45) is 0 Å². The van der Waals surface area contributed by atoms with Crippen molar-refractivity contribution in [1.29, 1.82) is 0 Å². The van der Waals surface area contributed by atoms with Gasteiger partial charge in [-0.1, -0.05) is 140 Å². The Kier molecular flexibility index (Phi) is 7.39. The summed E-state index contributed by atoms with van der Waals surface area (Å²) in [4.78, 5) is 2.39. The average Bonchev–Trinajstić information content (AvgIpc) is 3.82. The number of anilines is 3. The molecule has 11 aromatic rings. The molecule has 0 unspecified atom stereocenters. The Labute approximate surface area is 322 Å². The number of fused-ring (bicyclic) bond motifs is 8. The second-order valence-electron chi connectivity index (χ2n) is 14.1. The number of benzene rings is 9. The maximum atomic E-state index is 6.24. The summed E-state index contributed by atoms with van der Waals surface area (Å²) in [5.74, 6) is 0. The summed E-state index contributed by atoms with van der Waals surface area (Å²) in [6, 6.07) is 72.2. The molecule has 258 valence electrons. The van der Waals surface area contributed by atoms with Gasteiger partial charge in [0.2, 0.25) is 0 Å². The van der Waals surface area contributed by atoms with Gasteiger partial charge in [-0.2, -0.15) is 0 Å². The highest BCUT2D eigenvalue weighted by molar-refractivity contribution is 7.26. The largest absolute Gasteiger partial charge is 0.456 e. The quantitative estimate of drug-likeness (QED) is 0.170. The van der Waals surface area contributed by atoms with E-state index in [0.29, 0.717) is 0 Å². The molecule has 0 atom stereocenters. The Morgan fingerprint density at radius 2 is 1.00 bits per heavy atom. The first kappa shape index (κ1) is 31.6. The fraction of sp³-hybridized carbons (Fsp3) is 0. The first-order valence-corrected chi connectivity index (χ1v) is 19.5. The lowest BCUT2D eigenvalue weighted by Crippen LogP contribution is -2.11. The van der Waals surface area contributed by atoms with Crippen molar-refractivity contribution in [3.63, 3.8) is 0 Å². The van der Waals surface area contributed by atoms with E-state index in [1.165, 1.54) is 75.1 Å². The van der Waals surface area contributed by atoms with Crippen molar-refractivity contribution in [3.8, 4) is 33.4 Å². The van der Waals surface area contributed by atoms with Gasteiger partial charge >= 0.3 is 0 Å². The number of hydrogen-bond donors (Lipinski definition) is 0. The third-order valence-corrected chi connectivity index (χ3v) is 12.0. The lowest BCUT2D eigenvalue weighted by Gasteiger charge is -2.28. The summed E-state index contributed by atoms with van der Waals surface area (Å²) in [6.07, 6.45) is 0. The van der Waals surface area contributed by atoms with Gasteiger partial charge in [-0.3, -0.25) is 0 Å². The highest BCUT2D eigenvalue weighted by atomic mass is 32.1. The van der Waals surface area contributed by atoms with Crippen LogP contribution in [-0.4, -0.2) is 0 Å². The number of thiophene rings is 1. The van der Waals surface area contributed by atoms with E-state index < -0.39 is 0 Å². The smallest absolute Gasteiger partial charge is 0.136 e. The molecule has 0 aliphatic carbocycles. The number of hydrogen-bond acceptors (Lipinski definition) is 3. The highest BCUT2D eigenvalue weighted by Crippen LogP contribution is 2.45. The zero-order chi connectivity index (χ0) is 36.3. The van der Waals surface area contributed by atoms with Crippen molar-refractivity contribution in [2.45, 2.75) is 0 Å². The zero-order valence-electron chi connectivity index (χ0n) is 29.8. The molecule has 11 rings (SSSR count). The average molecular weight is 720 g/mol. The van der Waals surface area contributed by atoms with Crippen LogP contribution in [0, 0.1) is 0 Å². The predicted molar refractivity (Wildman–Crippen MR) is 235 cm³/mol. The Bertz CT molecular complexity index is 3190. The molecular weight excluding hydrogens is 687 g/mol. The van der Waals surface area contributed by atoms with Crippen molar-refractivity contribution in [3.05, 3.63) is 200 Å². The van der Waals surface area contributed by atoms with Gasteiger partial charge < -0.3 is 9.32 Å². The van der Waals surface area contributed by atoms with Crippen LogP contribution in [0.4, 0.5) is 17.1 Å². The number of nitrogens with zero attached hydrogens (tertiary/aromatic N) is 1. The van der Waals surface area contributed by atoms with Crippen LogP contribution in [0.5, 0.6) is 0 Å². The molecule has 0 fully saturated rings. The van der Waals surface area contributed by atoms with Crippen LogP contribution in [0.25, 0.3) is 86.3 Å². The molecule has 0 N–H and O–H groups in total. The van der Waals surface area contributed by atoms with Crippen LogP contribution in [0.2, 0.25) is 0 Å². The Morgan fingerprint density at radius 3 is 1.82 bits per heavy atom. The monoisotopic (exact) mass is 719 g/mol. The molecule has 55 heavy (non-hydrogen) atoms. The molecular formula is C52H33NOS. The molecule has 2 aromatic heterocycles. The molecule has 0 radical (unpaired) electrons. The molecule has 0 bridgehead atoms. The van der Waals surface area contributed by atoms with E-state index in [9.17, 15) is 0 Å². The van der Waals surface area contributed by atoms with Gasteiger partial charge in [0.05, 0.1) is 5.69 Å². The summed E-state index contributed by atoms with van der Waals surface area (Å²) in [5, 5.41) is 7.40. The summed E-state index contributed by atoms with van der Waals surface area (Å²) in [5.41, 5.74) is 12.4. The third-order valence-electron chi connectivity index (χ3n) is 10.9. The topological polar surface area (TPSA) is 16.4 Å². The minimum absolute atomic E-state index is 0.933. The molecule has 0 aliphatic rings. The van der Waals surface area contributed by atoms with Gasteiger partial charge in [-0.05, 0) is 99.3 Å². The van der Waals surface area contributed by atoms with Gasteiger partial charge in [0, 0.05) is 47.9 Å². The molecule has 3 heteroatoms. The third kappa shape index (κ3) is 5.40. The van der Waals surface area contributed by atoms with E-state index in [-0.39, 0.29) is 0 Å². The maximum Gasteiger partial charge on any atom is 0.136 e. The molecule has 2 nitrogen and oxygen atoms in total. The minimum Gasteiger partial charge on any atom is -0.456 e. The van der Waals surface area contributed by atoms with Gasteiger partial charge in [-0.15, -0.1) is 11.3 Å². The van der Waals surface area contributed by atoms with Gasteiger partial charge in [0.15, 0.2) is 0 Å². The molecule has 0 saturated carbocycles. The normalized spacial score (nSPS) is 11.6. The molecule has 0 saturated heterocycles. The Balaban J connectivity index is 1.01. The van der Waals surface area contributed by atoms with Crippen molar-refractivity contribution >= 4 is 81.3 Å². The second-order valence-corrected chi connectivity index (χ2v) is 15.2. The predicted octanol–water partition coefficient (Wildman–Crippen LogP) is 15.6. The summed E-state index contributed by atoms with van der Waals surface area (Å²) >= 11 is 1.85. The minimum atomic E-state index is 0.933. The van der Waals surface area contributed by atoms with Gasteiger partial charge in [0.25, 0.3) is 0 Å². The van der Waals surface area contributed by atoms with Gasteiger partial charge in [-0.25, -0.2) is 0 Å². The van der Waals surface area contributed by atoms with Crippen LogP contribution >= 0.6 is 11.3 Å². The Hall–Kier alpha value is -6.94. The zero-order valence-corrected chi connectivity index (χ0v) is 30.6. The van der Waals surface area contributed by atoms with Crippen LogP contribution in [0.1, 0.15) is 0 Å². The van der Waals surface area contributed by atoms with E-state index in [0.717, 1.165) is 28.2 Å². The highest BCUT2D eigenvalue weighted by Gasteiger charge is 2.19. The van der Waals surface area contributed by atoms with Crippen LogP contribution < -0.4 is 4.90 Å². The summed E-state index contributed by atoms with van der Waals surface area (Å²) < 4.78 is 8.80. The van der Waals surface area contributed by atoms with E-state index in [1.54, 1.807) is 0 Å². The lowest BCUT2D eigenvalue weighted by atomic mass is 9.98. The fourth-order valence-electron chi connectivity index (χ4n) is 8.19. The van der Waals surface area contributed by atoms with Crippen molar-refractivity contribution in [2.75, 3.05) is 4.90 Å². The fourth-order valence-corrected chi connectivity index (χ4v) is 9.35. The first-order valence-electron chi connectivity index (χ1n) is 18.7. The summed E-state index contributed by atoms with van der Waals surface area (Å²) in [6.45, 7) is 0. The molecule has 9 aromatic carbocycles. The summed E-state index contributed by atoms with van der Waals surface area (Å²) in [7, 11) is 0. The number of furan rings is 1. The molecule has 0 aliphatic heterocycles. The SMILES string of the molecule is c1ccc(-c2ccc(N(c3ccc(-c4ccc5c(c4)sc4ccc6oc7ccccc7c6c45)cc3)c3ccccc3-c3ccc4ccccc4c3)cc2)cc1. The molecule has 0 amide bonds. The van der Waals surface area contributed by atoms with E-state index in [4.69, 9.17) is 4.42 Å². The van der Waals surface area contributed by atoms with Crippen LogP contribution in [-0.2, 0) is 0 Å². The maximum absolute atomic E-state index is 6.24. The number of rotatable bonds is 6. The van der Waals surface area contributed by atoms with Crippen LogP contribution in [0.3, 0.4) is 0 Å². The molecule has 0 spiro atoms. The lowest BCUT2D eigenvalue weighted by molar-refractivity contribution is 0.669. The van der Waals surface area contributed by atoms with E-state index in [1.807, 2.05) is 17.4 Å². The standard InChI is InChI=1S/C52H33NOS/c1-2-10-34(11-3-1)36-20-25-41(26-21-36)53(46-16-8-6-14-43(46)40-19-18-35-12-4-5-13-38(35)32-40)42-27-22-37(23-28-42)39-24-29-45-50(33-39)55-49-31-30-48-51(52(45)49)44-15-7-9-17-47(44)54-48/h1-33H. The number of para-hydroxylation sites is 2. The molecule has 2 heterocycles. The van der Waals surface area contributed by atoms with E-state index >= 15 is 0 Å².